The Morgan fingerprint density at radius 1 is 1.62 bits per heavy atom. The van der Waals surface area contributed by atoms with E-state index in [0.29, 0.717) is 5.75 Å². The number of hydrogen-bond acceptors (Lipinski definition) is 3. The molecule has 0 saturated carbocycles. The largest absolute Gasteiger partial charge is 0.496 e. The minimum absolute atomic E-state index is 0.243. The van der Waals surface area contributed by atoms with Crippen LogP contribution in [0.25, 0.3) is 0 Å². The molecule has 1 aromatic carbocycles. The van der Waals surface area contributed by atoms with E-state index in [1.807, 2.05) is 0 Å². The van der Waals surface area contributed by atoms with Crippen LogP contribution in [0.1, 0.15) is 5.56 Å². The number of halogens is 1. The maximum atomic E-state index is 12.7. The number of benzene rings is 1. The maximum Gasteiger partial charge on any atom is 0.232 e. The van der Waals surface area contributed by atoms with Crippen LogP contribution in [0.3, 0.4) is 0 Å². The molecule has 70 valence electrons. The quantitative estimate of drug-likeness (QED) is 0.531. The summed E-state index contributed by atoms with van der Waals surface area (Å²) in [6.45, 7) is -0.430. The van der Waals surface area contributed by atoms with Gasteiger partial charge in [-0.05, 0) is 18.2 Å². The molecule has 13 heavy (non-hydrogen) atoms. The lowest BCUT2D eigenvalue weighted by atomic mass is 10.2. The van der Waals surface area contributed by atoms with Crippen LogP contribution in [0.5, 0.6) is 5.75 Å². The second kappa shape index (κ2) is 3.84. The van der Waals surface area contributed by atoms with Gasteiger partial charge in [0.05, 0.1) is 12.7 Å². The van der Waals surface area contributed by atoms with Crippen LogP contribution >= 0.6 is 0 Å². The van der Waals surface area contributed by atoms with Crippen LogP contribution in [0.4, 0.5) is 4.39 Å². The summed E-state index contributed by atoms with van der Waals surface area (Å²) in [5.41, 5.74) is 0.243. The van der Waals surface area contributed by atoms with E-state index in [9.17, 15) is 14.5 Å². The Balaban J connectivity index is 3.01. The van der Waals surface area contributed by atoms with Gasteiger partial charge in [-0.15, -0.1) is 0 Å². The molecular weight excluding hydrogens is 177 g/mol. The van der Waals surface area contributed by atoms with Crippen molar-refractivity contribution in [1.29, 1.82) is 0 Å². The summed E-state index contributed by atoms with van der Waals surface area (Å²) < 4.78 is 17.5. The lowest BCUT2D eigenvalue weighted by Gasteiger charge is -2.03. The van der Waals surface area contributed by atoms with Crippen molar-refractivity contribution in [2.75, 3.05) is 7.11 Å². The van der Waals surface area contributed by atoms with E-state index in [1.54, 1.807) is 0 Å². The molecule has 0 aliphatic heterocycles. The van der Waals surface area contributed by atoms with Gasteiger partial charge in [-0.25, -0.2) is 4.39 Å². The second-order valence-corrected chi connectivity index (χ2v) is 2.45. The van der Waals surface area contributed by atoms with Gasteiger partial charge in [0.1, 0.15) is 11.6 Å². The van der Waals surface area contributed by atoms with E-state index in [0.717, 1.165) is 6.07 Å². The van der Waals surface area contributed by atoms with E-state index < -0.39 is 17.3 Å². The molecule has 0 fully saturated rings. The van der Waals surface area contributed by atoms with Crippen molar-refractivity contribution in [2.24, 2.45) is 0 Å². The molecule has 4 nitrogen and oxygen atoms in total. The molecule has 0 unspecified atom stereocenters. The maximum absolute atomic E-state index is 12.7. The topological polar surface area (TPSA) is 52.4 Å². The number of nitro groups is 1. The molecule has 1 rings (SSSR count). The van der Waals surface area contributed by atoms with Crippen molar-refractivity contribution >= 4 is 0 Å². The molecule has 0 radical (unpaired) electrons. The van der Waals surface area contributed by atoms with Gasteiger partial charge in [0, 0.05) is 4.92 Å². The van der Waals surface area contributed by atoms with Gasteiger partial charge in [0.2, 0.25) is 6.54 Å². The van der Waals surface area contributed by atoms with Crippen LogP contribution < -0.4 is 4.74 Å². The Hall–Kier alpha value is -1.65. The summed E-state index contributed by atoms with van der Waals surface area (Å²) in [6, 6.07) is 3.66. The van der Waals surface area contributed by atoms with Crippen molar-refractivity contribution < 1.29 is 14.1 Å². The fourth-order valence-electron chi connectivity index (χ4n) is 1.01. The molecule has 0 saturated heterocycles. The minimum atomic E-state index is -0.530. The highest BCUT2D eigenvalue weighted by Gasteiger charge is 2.09. The van der Waals surface area contributed by atoms with Crippen molar-refractivity contribution in [3.05, 3.63) is 39.7 Å². The normalized spacial score (nSPS) is 9.69. The smallest absolute Gasteiger partial charge is 0.232 e. The zero-order valence-electron chi connectivity index (χ0n) is 6.99. The van der Waals surface area contributed by atoms with Crippen LogP contribution in [0.2, 0.25) is 0 Å². The summed E-state index contributed by atoms with van der Waals surface area (Å²) in [5, 5.41) is 10.2. The standard InChI is InChI=1S/C8H8FNO3/c1-13-8-3-2-7(9)4-6(8)5-10(11)12/h2-4H,5H2,1H3. The van der Waals surface area contributed by atoms with E-state index in [2.05, 4.69) is 0 Å². The van der Waals surface area contributed by atoms with Gasteiger partial charge in [-0.1, -0.05) is 0 Å². The van der Waals surface area contributed by atoms with E-state index in [1.165, 1.54) is 19.2 Å². The zero-order valence-corrected chi connectivity index (χ0v) is 6.99. The van der Waals surface area contributed by atoms with Gasteiger partial charge >= 0.3 is 0 Å². The van der Waals surface area contributed by atoms with Crippen molar-refractivity contribution in [1.82, 2.24) is 0 Å². The van der Waals surface area contributed by atoms with Crippen LogP contribution in [0.15, 0.2) is 18.2 Å². The first-order valence-electron chi connectivity index (χ1n) is 3.57. The molecule has 0 amide bonds. The average molecular weight is 185 g/mol. The van der Waals surface area contributed by atoms with E-state index in [-0.39, 0.29) is 5.56 Å². The number of nitrogens with zero attached hydrogens (tertiary/aromatic N) is 1. The molecule has 0 spiro atoms. The average Bonchev–Trinajstić information content (AvgIpc) is 2.03. The highest BCUT2D eigenvalue weighted by Crippen LogP contribution is 2.19. The summed E-state index contributed by atoms with van der Waals surface area (Å²) in [7, 11) is 1.39. The molecule has 0 aliphatic carbocycles. The van der Waals surface area contributed by atoms with E-state index >= 15 is 0 Å². The first-order chi connectivity index (χ1) is 6.13. The highest BCUT2D eigenvalue weighted by molar-refractivity contribution is 5.33. The fraction of sp³-hybridized carbons (Fsp3) is 0.250. The summed E-state index contributed by atoms with van der Waals surface area (Å²) >= 11 is 0. The van der Waals surface area contributed by atoms with Crippen LogP contribution in [-0.4, -0.2) is 12.0 Å². The Morgan fingerprint density at radius 3 is 2.85 bits per heavy atom. The fourth-order valence-corrected chi connectivity index (χ4v) is 1.01. The Labute approximate surface area is 74.1 Å². The molecule has 5 heteroatoms. The third kappa shape index (κ3) is 2.40. The lowest BCUT2D eigenvalue weighted by Crippen LogP contribution is -2.01. The predicted molar refractivity (Wildman–Crippen MR) is 43.7 cm³/mol. The van der Waals surface area contributed by atoms with Crippen LogP contribution in [-0.2, 0) is 6.54 Å². The lowest BCUT2D eigenvalue weighted by molar-refractivity contribution is -0.496. The van der Waals surface area contributed by atoms with Gasteiger partial charge in [0.25, 0.3) is 0 Å². The first-order valence-corrected chi connectivity index (χ1v) is 3.57. The molecule has 0 aromatic heterocycles. The molecule has 1 aromatic rings. The second-order valence-electron chi connectivity index (χ2n) is 2.45. The van der Waals surface area contributed by atoms with Crippen LogP contribution in [0, 0.1) is 15.9 Å². The van der Waals surface area contributed by atoms with Gasteiger partial charge < -0.3 is 4.74 Å². The monoisotopic (exact) mass is 185 g/mol. The van der Waals surface area contributed by atoms with Crippen molar-refractivity contribution in [2.45, 2.75) is 6.54 Å². The predicted octanol–water partition coefficient (Wildman–Crippen LogP) is 1.61. The van der Waals surface area contributed by atoms with Gasteiger partial charge in [0.15, 0.2) is 0 Å². The van der Waals surface area contributed by atoms with Gasteiger partial charge in [-0.2, -0.15) is 0 Å². The molecule has 0 bridgehead atoms. The molecule has 0 heterocycles. The SMILES string of the molecule is COc1ccc(F)cc1C[N+](=O)[O-]. The van der Waals surface area contributed by atoms with E-state index in [4.69, 9.17) is 4.74 Å². The molecule has 0 N–H and O–H groups in total. The van der Waals surface area contributed by atoms with Crippen molar-refractivity contribution in [3.8, 4) is 5.75 Å². The molecule has 0 atom stereocenters. The summed E-state index contributed by atoms with van der Waals surface area (Å²) in [5.74, 6) is -0.171. The first kappa shape index (κ1) is 9.44. The number of hydrogen-bond donors (Lipinski definition) is 0. The van der Waals surface area contributed by atoms with Crippen molar-refractivity contribution in [3.63, 3.8) is 0 Å². The Bertz CT molecular complexity index is 327. The molecular formula is C8H8FNO3. The molecule has 0 aliphatic rings. The number of methoxy groups -OCH3 is 1. The zero-order chi connectivity index (χ0) is 9.84. The van der Waals surface area contributed by atoms with Gasteiger partial charge in [-0.3, -0.25) is 10.1 Å². The number of ether oxygens (including phenoxy) is 1. The Morgan fingerprint density at radius 2 is 2.31 bits per heavy atom. The third-order valence-electron chi connectivity index (χ3n) is 1.54. The minimum Gasteiger partial charge on any atom is -0.496 e. The number of rotatable bonds is 3. The summed E-state index contributed by atoms with van der Waals surface area (Å²) in [6.07, 6.45) is 0. The third-order valence-corrected chi connectivity index (χ3v) is 1.54. The summed E-state index contributed by atoms with van der Waals surface area (Å²) in [4.78, 5) is 9.65. The highest BCUT2D eigenvalue weighted by atomic mass is 19.1. The Kier molecular flexibility index (Phi) is 2.79.